The average molecular weight is 480 g/mol. The van der Waals surface area contributed by atoms with Gasteiger partial charge in [0.2, 0.25) is 5.95 Å². The molecule has 3 aliphatic heterocycles. The van der Waals surface area contributed by atoms with Gasteiger partial charge in [0.1, 0.15) is 17.6 Å². The molecule has 1 atom stereocenters. The summed E-state index contributed by atoms with van der Waals surface area (Å²) in [5, 5.41) is 0. The van der Waals surface area contributed by atoms with Crippen molar-refractivity contribution in [2.24, 2.45) is 5.41 Å². The van der Waals surface area contributed by atoms with Crippen molar-refractivity contribution in [1.29, 1.82) is 0 Å². The number of anilines is 1. The fourth-order valence-electron chi connectivity index (χ4n) is 6.36. The third-order valence-electron chi connectivity index (χ3n) is 8.25. The fraction of sp³-hybridized carbons (Fsp3) is 0.577. The molecule has 1 unspecified atom stereocenters. The van der Waals surface area contributed by atoms with Gasteiger partial charge in [-0.25, -0.2) is 9.97 Å². The van der Waals surface area contributed by atoms with E-state index in [1.165, 1.54) is 29.5 Å². The first kappa shape index (κ1) is 22.3. The predicted molar refractivity (Wildman–Crippen MR) is 134 cm³/mol. The van der Waals surface area contributed by atoms with Crippen LogP contribution in [0, 0.1) is 5.41 Å². The van der Waals surface area contributed by atoms with Gasteiger partial charge in [-0.3, -0.25) is 4.98 Å². The molecule has 0 aromatic carbocycles. The molecule has 6 rings (SSSR count). The highest BCUT2D eigenvalue weighted by molar-refractivity contribution is 7.88. The van der Waals surface area contributed by atoms with Gasteiger partial charge in [0.15, 0.2) is 0 Å². The lowest BCUT2D eigenvalue weighted by atomic mass is 9.54. The Labute approximate surface area is 205 Å². The van der Waals surface area contributed by atoms with Crippen molar-refractivity contribution in [3.05, 3.63) is 47.6 Å². The molecule has 180 valence electrons. The summed E-state index contributed by atoms with van der Waals surface area (Å²) >= 11 is -0.909. The molecule has 0 bridgehead atoms. The molecular weight excluding hydrogens is 446 g/mol. The van der Waals surface area contributed by atoms with Crippen LogP contribution in [0.4, 0.5) is 5.95 Å². The Hall–Kier alpha value is -2.16. The van der Waals surface area contributed by atoms with Gasteiger partial charge in [0.05, 0.1) is 18.4 Å². The van der Waals surface area contributed by atoms with Crippen LogP contribution in [-0.4, -0.2) is 61.8 Å². The smallest absolute Gasteiger partial charge is 0.225 e. The summed E-state index contributed by atoms with van der Waals surface area (Å²) in [6.07, 6.45) is 17.2. The maximum absolute atomic E-state index is 11.7. The van der Waals surface area contributed by atoms with Crippen LogP contribution in [0.25, 0.3) is 5.57 Å². The van der Waals surface area contributed by atoms with Crippen LogP contribution in [0.2, 0.25) is 0 Å². The van der Waals surface area contributed by atoms with Gasteiger partial charge in [0.25, 0.3) is 0 Å². The van der Waals surface area contributed by atoms with E-state index in [9.17, 15) is 4.55 Å². The molecule has 7 nitrogen and oxygen atoms in total. The van der Waals surface area contributed by atoms with Crippen molar-refractivity contribution < 1.29 is 9.29 Å². The van der Waals surface area contributed by atoms with E-state index in [0.717, 1.165) is 75.7 Å². The Balaban J connectivity index is 1.07. The van der Waals surface area contributed by atoms with Crippen molar-refractivity contribution in [3.63, 3.8) is 0 Å². The molecule has 0 N–H and O–H groups in total. The minimum Gasteiger partial charge on any atom is -0.598 e. The zero-order chi connectivity index (χ0) is 23.3. The molecule has 1 saturated heterocycles. The molecule has 2 spiro atoms. The van der Waals surface area contributed by atoms with Gasteiger partial charge in [-0.2, -0.15) is 0 Å². The monoisotopic (exact) mass is 479 g/mol. The fourth-order valence-corrected chi connectivity index (χ4v) is 7.00. The number of hydrogen-bond donors (Lipinski definition) is 0. The van der Waals surface area contributed by atoms with E-state index in [4.69, 9.17) is 9.72 Å². The summed E-state index contributed by atoms with van der Waals surface area (Å²) in [6.45, 7) is 5.72. The average Bonchev–Trinajstić information content (AvgIpc) is 3.22. The highest BCUT2D eigenvalue weighted by Crippen LogP contribution is 2.60. The van der Waals surface area contributed by atoms with E-state index >= 15 is 0 Å². The lowest BCUT2D eigenvalue weighted by Crippen LogP contribution is -2.58. The van der Waals surface area contributed by atoms with Gasteiger partial charge in [0, 0.05) is 55.4 Å². The Morgan fingerprint density at radius 1 is 1.09 bits per heavy atom. The van der Waals surface area contributed by atoms with Gasteiger partial charge < -0.3 is 14.2 Å². The molecule has 1 aliphatic carbocycles. The maximum Gasteiger partial charge on any atom is 0.225 e. The largest absolute Gasteiger partial charge is 0.598 e. The van der Waals surface area contributed by atoms with Gasteiger partial charge in [-0.05, 0) is 61.1 Å². The van der Waals surface area contributed by atoms with E-state index in [0.29, 0.717) is 5.41 Å². The predicted octanol–water partition coefficient (Wildman–Crippen LogP) is 3.57. The molecular formula is C26H33N5O2S. The third kappa shape index (κ3) is 3.99. The number of aryl methyl sites for hydroxylation is 1. The summed E-state index contributed by atoms with van der Waals surface area (Å²) in [4.78, 5) is 16.2. The molecule has 2 aromatic heterocycles. The minimum atomic E-state index is -0.909. The lowest BCUT2D eigenvalue weighted by Gasteiger charge is -2.57. The van der Waals surface area contributed by atoms with Crippen molar-refractivity contribution in [2.75, 3.05) is 37.3 Å². The molecule has 1 saturated carbocycles. The normalized spacial score (nSPS) is 23.9. The second kappa shape index (κ2) is 8.50. The topological polar surface area (TPSA) is 77.4 Å². The van der Waals surface area contributed by atoms with Crippen LogP contribution in [0.5, 0.6) is 5.75 Å². The lowest BCUT2D eigenvalue weighted by molar-refractivity contribution is -0.106. The van der Waals surface area contributed by atoms with Crippen molar-refractivity contribution in [1.82, 2.24) is 19.3 Å². The van der Waals surface area contributed by atoms with Gasteiger partial charge in [-0.1, -0.05) is 13.0 Å². The summed E-state index contributed by atoms with van der Waals surface area (Å²) in [6, 6.07) is 2.24. The minimum absolute atomic E-state index is 0.0407. The molecule has 0 radical (unpaired) electrons. The van der Waals surface area contributed by atoms with Crippen LogP contribution in [0.15, 0.2) is 30.7 Å². The Morgan fingerprint density at radius 3 is 2.50 bits per heavy atom. The number of nitrogens with zero attached hydrogens (tertiary/aromatic N) is 5. The molecule has 4 aliphatic rings. The summed E-state index contributed by atoms with van der Waals surface area (Å²) < 4.78 is 20.2. The summed E-state index contributed by atoms with van der Waals surface area (Å²) in [5.41, 5.74) is 5.15. The molecule has 8 heteroatoms. The first-order valence-electron chi connectivity index (χ1n) is 12.5. The van der Waals surface area contributed by atoms with E-state index in [1.807, 2.05) is 22.9 Å². The third-order valence-corrected chi connectivity index (χ3v) is 9.31. The number of rotatable bonds is 4. The van der Waals surface area contributed by atoms with E-state index < -0.39 is 11.4 Å². The standard InChI is InChI=1S/C26H33N5O2S/c1-3-19-14-28-24(29-15-19)30-10-6-25(7-11-30)17-26(18-25)13-21-12-22(27-16-23(21)33-26)20-4-8-31(9-5-20)34(2)32/h4,12,14-16H,3,5-11,13,17-18H2,1-2H3. The van der Waals surface area contributed by atoms with Crippen LogP contribution in [-0.2, 0) is 24.2 Å². The zero-order valence-corrected chi connectivity index (χ0v) is 20.9. The molecule has 5 heterocycles. The zero-order valence-electron chi connectivity index (χ0n) is 20.1. The maximum atomic E-state index is 11.7. The highest BCUT2D eigenvalue weighted by Gasteiger charge is 2.59. The van der Waals surface area contributed by atoms with Crippen molar-refractivity contribution in [3.8, 4) is 5.75 Å². The van der Waals surface area contributed by atoms with Crippen LogP contribution < -0.4 is 9.64 Å². The number of ether oxygens (including phenoxy) is 1. The molecule has 34 heavy (non-hydrogen) atoms. The Morgan fingerprint density at radius 2 is 1.85 bits per heavy atom. The Bertz CT molecular complexity index is 1090. The van der Waals surface area contributed by atoms with Crippen molar-refractivity contribution in [2.45, 2.75) is 57.5 Å². The van der Waals surface area contributed by atoms with Gasteiger partial charge in [-0.15, -0.1) is 4.31 Å². The second-order valence-electron chi connectivity index (χ2n) is 10.5. The van der Waals surface area contributed by atoms with Crippen LogP contribution in [0.3, 0.4) is 0 Å². The number of pyridine rings is 1. The first-order valence-corrected chi connectivity index (χ1v) is 14.0. The molecule has 2 fully saturated rings. The molecule has 0 amide bonds. The number of piperidine rings is 1. The van der Waals surface area contributed by atoms with Crippen LogP contribution >= 0.6 is 0 Å². The van der Waals surface area contributed by atoms with Gasteiger partial charge >= 0.3 is 0 Å². The van der Waals surface area contributed by atoms with Crippen molar-refractivity contribution >= 4 is 22.9 Å². The number of aromatic nitrogens is 3. The van der Waals surface area contributed by atoms with E-state index in [-0.39, 0.29) is 5.60 Å². The van der Waals surface area contributed by atoms with Crippen LogP contribution in [0.1, 0.15) is 55.8 Å². The number of hydrogen-bond acceptors (Lipinski definition) is 7. The molecule has 2 aromatic rings. The highest BCUT2D eigenvalue weighted by atomic mass is 32.2. The first-order chi connectivity index (χ1) is 16.5. The quantitative estimate of drug-likeness (QED) is 0.621. The summed E-state index contributed by atoms with van der Waals surface area (Å²) in [5.74, 6) is 1.84. The summed E-state index contributed by atoms with van der Waals surface area (Å²) in [7, 11) is 0. The number of fused-ring (bicyclic) bond motifs is 1. The Kier molecular flexibility index (Phi) is 5.58. The SMILES string of the molecule is CCc1cnc(N2CCC3(CC2)CC2(Cc4cc(C5=CCN([S+](C)[O-])CC5)ncc4O2)C3)nc1. The van der Waals surface area contributed by atoms with E-state index in [2.05, 4.69) is 33.9 Å². The second-order valence-corrected chi connectivity index (χ2v) is 11.9. The van der Waals surface area contributed by atoms with E-state index in [1.54, 1.807) is 6.26 Å².